The topological polar surface area (TPSA) is 0 Å². The van der Waals surface area contributed by atoms with Gasteiger partial charge in [-0.3, -0.25) is 0 Å². The Morgan fingerprint density at radius 3 is 2.27 bits per heavy atom. The lowest BCUT2D eigenvalue weighted by Crippen LogP contribution is -1.76. The molecule has 0 fully saturated rings. The molecule has 0 heterocycles. The summed E-state index contributed by atoms with van der Waals surface area (Å²) >= 11 is 8.29. The van der Waals surface area contributed by atoms with Crippen molar-refractivity contribution in [1.82, 2.24) is 0 Å². The summed E-state index contributed by atoms with van der Waals surface area (Å²) in [5, 5.41) is 0.965. The molecule has 0 aliphatic rings. The van der Waals surface area contributed by atoms with E-state index in [1.165, 1.54) is 9.15 Å². The molecule has 2 heteroatoms. The quantitative estimate of drug-likeness (QED) is 0.523. The van der Waals surface area contributed by atoms with Gasteiger partial charge in [-0.1, -0.05) is 25.4 Å². The van der Waals surface area contributed by atoms with Crippen LogP contribution in [0.3, 0.4) is 0 Å². The summed E-state index contributed by atoms with van der Waals surface area (Å²) in [6.45, 7) is 6.27. The first-order valence-electron chi connectivity index (χ1n) is 3.83. The van der Waals surface area contributed by atoms with Gasteiger partial charge in [-0.25, -0.2) is 0 Å². The highest BCUT2D eigenvalue weighted by molar-refractivity contribution is 14.1. The molecule has 0 aromatic rings. The van der Waals surface area contributed by atoms with Crippen LogP contribution in [0.25, 0.3) is 0 Å². The lowest BCUT2D eigenvalue weighted by molar-refractivity contribution is 1.15. The van der Waals surface area contributed by atoms with E-state index in [4.69, 9.17) is 11.6 Å². The third-order valence-corrected chi connectivity index (χ3v) is 3.09. The number of hydrogen-bond acceptors (Lipinski definition) is 0. The van der Waals surface area contributed by atoms with Gasteiger partial charge in [0.05, 0.1) is 0 Å². The van der Waals surface area contributed by atoms with Crippen LogP contribution in [0.2, 0.25) is 0 Å². The summed E-state index contributed by atoms with van der Waals surface area (Å²) in [5.74, 6) is 0. The fourth-order valence-electron chi connectivity index (χ4n) is 0.694. The van der Waals surface area contributed by atoms with Crippen LogP contribution in [0.15, 0.2) is 20.3 Å². The molecule has 0 aromatic heterocycles. The lowest BCUT2D eigenvalue weighted by atomic mass is 10.2. The normalized spacial score (nSPS) is 14.8. The summed E-state index contributed by atoms with van der Waals surface area (Å²) < 4.78 is 1.35. The monoisotopic (exact) mass is 284 g/mol. The molecule has 0 aliphatic carbocycles. The molecule has 0 amide bonds. The van der Waals surface area contributed by atoms with Crippen molar-refractivity contribution in [3.8, 4) is 0 Å². The van der Waals surface area contributed by atoms with Crippen molar-refractivity contribution in [3.63, 3.8) is 0 Å². The Bertz CT molecular complexity index is 180. The highest BCUT2D eigenvalue weighted by Gasteiger charge is 1.94. The molecule has 0 bridgehead atoms. The van der Waals surface area contributed by atoms with Crippen LogP contribution in [0.4, 0.5) is 0 Å². The summed E-state index contributed by atoms with van der Waals surface area (Å²) in [4.78, 5) is 0. The maximum Gasteiger partial charge on any atom is 0.0207 e. The number of hydrogen-bond donors (Lipinski definition) is 0. The van der Waals surface area contributed by atoms with E-state index >= 15 is 0 Å². The minimum absolute atomic E-state index is 0.928. The van der Waals surface area contributed by atoms with Crippen molar-refractivity contribution in [2.45, 2.75) is 33.6 Å². The fourth-order valence-corrected chi connectivity index (χ4v) is 1.22. The Morgan fingerprint density at radius 2 is 1.91 bits per heavy atom. The van der Waals surface area contributed by atoms with Gasteiger partial charge in [0.15, 0.2) is 0 Å². The molecule has 0 atom stereocenters. The van der Waals surface area contributed by atoms with Crippen molar-refractivity contribution >= 4 is 34.2 Å². The average molecular weight is 285 g/mol. The highest BCUT2D eigenvalue weighted by atomic mass is 127. The molecule has 0 unspecified atom stereocenters. The predicted octanol–water partition coefficient (Wildman–Crippen LogP) is 4.64. The van der Waals surface area contributed by atoms with Crippen LogP contribution >= 0.6 is 34.2 Å². The van der Waals surface area contributed by atoms with E-state index in [0.717, 1.165) is 17.9 Å². The molecule has 0 aliphatic heterocycles. The van der Waals surface area contributed by atoms with Crippen LogP contribution in [0.5, 0.6) is 0 Å². The van der Waals surface area contributed by atoms with E-state index in [9.17, 15) is 0 Å². The van der Waals surface area contributed by atoms with Crippen LogP contribution in [-0.2, 0) is 0 Å². The highest BCUT2D eigenvalue weighted by Crippen LogP contribution is 2.19. The van der Waals surface area contributed by atoms with Gasteiger partial charge in [-0.2, -0.15) is 0 Å². The average Bonchev–Trinajstić information content (AvgIpc) is 2.02. The Labute approximate surface area is 87.8 Å². The standard InChI is InChI=1S/C9H14ClI/c1-4-8(11)6-7(3)9(10)5-2/h6H,4-5H2,1-3H3/b8-6+,9-7+. The second-order valence-electron chi connectivity index (χ2n) is 2.39. The molecular weight excluding hydrogens is 270 g/mol. The number of allylic oxidation sites excluding steroid dienone is 4. The number of halogens is 2. The molecule has 0 spiro atoms. The maximum atomic E-state index is 5.95. The smallest absolute Gasteiger partial charge is 0.0207 e. The van der Waals surface area contributed by atoms with E-state index in [-0.39, 0.29) is 0 Å². The van der Waals surface area contributed by atoms with Crippen LogP contribution in [0.1, 0.15) is 33.6 Å². The third-order valence-electron chi connectivity index (χ3n) is 1.45. The molecule has 0 nitrogen and oxygen atoms in total. The van der Waals surface area contributed by atoms with Gasteiger partial charge in [0.1, 0.15) is 0 Å². The molecule has 0 aromatic carbocycles. The first kappa shape index (κ1) is 11.5. The van der Waals surface area contributed by atoms with E-state index in [1.807, 2.05) is 0 Å². The van der Waals surface area contributed by atoms with E-state index in [1.54, 1.807) is 0 Å². The predicted molar refractivity (Wildman–Crippen MR) is 61.2 cm³/mol. The summed E-state index contributed by atoms with van der Waals surface area (Å²) in [7, 11) is 0. The zero-order valence-electron chi connectivity index (χ0n) is 7.25. The Morgan fingerprint density at radius 1 is 1.36 bits per heavy atom. The molecule has 11 heavy (non-hydrogen) atoms. The minimum atomic E-state index is 0.928. The largest absolute Gasteiger partial charge is 0.0889 e. The SMILES string of the molecule is CC/C(I)=C\C(C)=C(\Cl)CC. The van der Waals surface area contributed by atoms with E-state index < -0.39 is 0 Å². The van der Waals surface area contributed by atoms with E-state index in [0.29, 0.717) is 0 Å². The molecule has 0 saturated carbocycles. The van der Waals surface area contributed by atoms with Crippen LogP contribution < -0.4 is 0 Å². The second-order valence-corrected chi connectivity index (χ2v) is 4.23. The van der Waals surface area contributed by atoms with Crippen LogP contribution in [0, 0.1) is 0 Å². The summed E-state index contributed by atoms with van der Waals surface area (Å²) in [6.07, 6.45) is 4.16. The van der Waals surface area contributed by atoms with Crippen molar-refractivity contribution in [1.29, 1.82) is 0 Å². The molecule has 0 N–H and O–H groups in total. The van der Waals surface area contributed by atoms with Crippen LogP contribution in [-0.4, -0.2) is 0 Å². The Balaban J connectivity index is 4.37. The van der Waals surface area contributed by atoms with E-state index in [2.05, 4.69) is 49.4 Å². The Kier molecular flexibility index (Phi) is 6.34. The van der Waals surface area contributed by atoms with Gasteiger partial charge >= 0.3 is 0 Å². The number of rotatable bonds is 3. The van der Waals surface area contributed by atoms with Gasteiger partial charge in [-0.05, 0) is 57.6 Å². The van der Waals surface area contributed by atoms with Gasteiger partial charge in [0, 0.05) is 5.03 Å². The van der Waals surface area contributed by atoms with Gasteiger partial charge < -0.3 is 0 Å². The first-order chi connectivity index (χ1) is 5.11. The van der Waals surface area contributed by atoms with Gasteiger partial charge in [-0.15, -0.1) is 0 Å². The lowest BCUT2D eigenvalue weighted by Gasteiger charge is -1.98. The van der Waals surface area contributed by atoms with Crippen molar-refractivity contribution in [2.75, 3.05) is 0 Å². The summed E-state index contributed by atoms with van der Waals surface area (Å²) in [5.41, 5.74) is 1.19. The minimum Gasteiger partial charge on any atom is -0.0889 e. The van der Waals surface area contributed by atoms with Crippen molar-refractivity contribution in [3.05, 3.63) is 20.3 Å². The zero-order valence-corrected chi connectivity index (χ0v) is 10.2. The zero-order chi connectivity index (χ0) is 8.85. The van der Waals surface area contributed by atoms with Gasteiger partial charge in [0.2, 0.25) is 0 Å². The molecule has 0 rings (SSSR count). The third kappa shape index (κ3) is 4.86. The molecular formula is C9H14ClI. The fraction of sp³-hybridized carbons (Fsp3) is 0.556. The first-order valence-corrected chi connectivity index (χ1v) is 5.28. The van der Waals surface area contributed by atoms with Crippen molar-refractivity contribution in [2.24, 2.45) is 0 Å². The molecule has 0 saturated heterocycles. The molecule has 0 radical (unpaired) electrons. The summed E-state index contributed by atoms with van der Waals surface area (Å²) in [6, 6.07) is 0. The maximum absolute atomic E-state index is 5.95. The van der Waals surface area contributed by atoms with Gasteiger partial charge in [0.25, 0.3) is 0 Å². The Hall–Kier alpha value is 0.500. The second kappa shape index (κ2) is 6.06. The molecule has 64 valence electrons. The van der Waals surface area contributed by atoms with Crippen molar-refractivity contribution < 1.29 is 0 Å².